The fourth-order valence-electron chi connectivity index (χ4n) is 12.3. The number of aliphatic hydroxyl groups excluding tert-OH is 1. The van der Waals surface area contributed by atoms with Crippen molar-refractivity contribution in [2.24, 2.45) is 64.4 Å². The lowest BCUT2D eigenvalue weighted by atomic mass is 9.94. The second-order valence-electron chi connectivity index (χ2n) is 31.6. The van der Waals surface area contributed by atoms with Gasteiger partial charge in [0.1, 0.15) is 78.5 Å². The first-order valence-corrected chi connectivity index (χ1v) is 41.4. The van der Waals surface area contributed by atoms with Gasteiger partial charge in [-0.25, -0.2) is 14.8 Å². The Morgan fingerprint density at radius 1 is 0.369 bits per heavy atom. The zero-order valence-corrected chi connectivity index (χ0v) is 72.3. The molecule has 0 aliphatic rings. The number of H-pyrrole nitrogens is 2. The molecule has 16 amide bonds. The van der Waals surface area contributed by atoms with Crippen molar-refractivity contribution in [3.05, 3.63) is 36.4 Å². The molecule has 0 unspecified atom stereocenters. The van der Waals surface area contributed by atoms with Crippen LogP contribution in [-0.2, 0) is 99.1 Å². The van der Waals surface area contributed by atoms with Gasteiger partial charge in [0.15, 0.2) is 0 Å². The molecule has 0 saturated carbocycles. The van der Waals surface area contributed by atoms with Crippen molar-refractivity contribution in [3.63, 3.8) is 0 Å². The molecule has 44 nitrogen and oxygen atoms in total. The number of carboxylic acid groups (broad SMARTS) is 2. The van der Waals surface area contributed by atoms with Crippen LogP contribution in [0.1, 0.15) is 185 Å². The number of amides is 16. The number of rotatable bonds is 59. The highest BCUT2D eigenvalue weighted by Crippen LogP contribution is 2.18. The topological polar surface area (TPSA) is 710 Å². The monoisotopic (exact) mass is 1730 g/mol. The SMILES string of the molecule is CC[C@H](C)[C@H](NC(=O)[C@H](Cc1cnc[nH]1)NC(=O)[C@@H](NC(=O)[C@@H](N)CCCCN)[C@@H](C)CC)C(=O)N[C@@H](CC(N)=O)C(=O)N[C@H](C(=O)N[C@H](C(=O)N[C@H](C(=O)N[C@H](C(=O)NCC(=O)N[C@@H](Cc1cnc[nH]1)C(=O)N[C@H](C(=O)N[C@@H](CC(=O)O)C(=O)N[C@@H](CO)C(=O)NCC(=O)N[C@@H](CCCCN)C(=O)O)C(C)C)[C@@H](C)CC)C(C)C)C(C)C)[C@@H](C)CC. The van der Waals surface area contributed by atoms with E-state index in [0.29, 0.717) is 56.5 Å². The van der Waals surface area contributed by atoms with Gasteiger partial charge in [0.25, 0.3) is 0 Å². The molecule has 122 heavy (non-hydrogen) atoms. The first-order valence-electron chi connectivity index (χ1n) is 41.4. The maximum absolute atomic E-state index is 14.6. The summed E-state index contributed by atoms with van der Waals surface area (Å²) in [7, 11) is 0. The lowest BCUT2D eigenvalue weighted by molar-refractivity contribution is -0.142. The van der Waals surface area contributed by atoms with Gasteiger partial charge in [-0.2, -0.15) is 0 Å². The number of aromatic amines is 2. The lowest BCUT2D eigenvalue weighted by Gasteiger charge is -2.32. The number of carbonyl (C=O) groups excluding carboxylic acids is 16. The van der Waals surface area contributed by atoms with Crippen molar-refractivity contribution in [3.8, 4) is 0 Å². The zero-order valence-electron chi connectivity index (χ0n) is 72.3. The Labute approximate surface area is 710 Å². The second-order valence-corrected chi connectivity index (χ2v) is 31.6. The number of hydrogen-bond donors (Lipinski definition) is 24. The molecule has 2 rings (SSSR count). The molecule has 18 atom stereocenters. The van der Waals surface area contributed by atoms with Crippen molar-refractivity contribution in [2.45, 2.75) is 271 Å². The summed E-state index contributed by atoms with van der Waals surface area (Å²) in [4.78, 5) is 260. The summed E-state index contributed by atoms with van der Waals surface area (Å²) in [5.41, 5.74) is 23.6. The van der Waals surface area contributed by atoms with Crippen LogP contribution in [0.15, 0.2) is 25.0 Å². The predicted molar refractivity (Wildman–Crippen MR) is 443 cm³/mol. The third kappa shape index (κ3) is 37.0. The highest BCUT2D eigenvalue weighted by atomic mass is 16.4. The van der Waals surface area contributed by atoms with E-state index in [1.54, 1.807) is 76.2 Å². The molecule has 28 N–H and O–H groups in total. The Hall–Kier alpha value is -11.3. The van der Waals surface area contributed by atoms with Gasteiger partial charge in [0.05, 0.1) is 51.2 Å². The van der Waals surface area contributed by atoms with Gasteiger partial charge in [0, 0.05) is 36.6 Å². The molecule has 0 fully saturated rings. The summed E-state index contributed by atoms with van der Waals surface area (Å²) in [6, 6.07) is -20.6. The third-order valence-electron chi connectivity index (χ3n) is 20.8. The maximum Gasteiger partial charge on any atom is 0.326 e. The summed E-state index contributed by atoms with van der Waals surface area (Å²) in [6.45, 7) is 20.8. The zero-order chi connectivity index (χ0) is 92.4. The Bertz CT molecular complexity index is 3770. The molecular weight excluding hydrogens is 1590 g/mol. The first-order chi connectivity index (χ1) is 57.4. The van der Waals surface area contributed by atoms with E-state index < -0.39 is 265 Å². The number of aliphatic hydroxyl groups is 1. The van der Waals surface area contributed by atoms with Gasteiger partial charge in [0.2, 0.25) is 94.5 Å². The standard InChI is InChI=1S/C78H133N23O21/c1-15-41(11)61(71(114)86-34-56(105)90-49(27-45-31-83-36-87-45)68(111)95-58(38(5)6)72(115)93-52(30-57(106)107)67(110)94-53(35-102)66(109)85-33-55(104)89-48(78(121)122)24-20-22-26-80)101-74(117)60(40(9)10)96-73(116)59(39(7)8)97-77(120)64(44(14)18-4)100-70(113)51(29-54(82)103)92-76(119)63(43(13)17-3)99-69(112)50(28-46-32-84-37-88-46)91-75(118)62(42(12)16-2)98-65(108)47(81)23-19-21-25-79/h31-32,36-44,47-53,58-64,102H,15-30,33-35,79-81H2,1-14H3,(H2,82,103)(H,83,87)(H,84,88)(H,85,109)(H,86,114)(H,89,104)(H,90,105)(H,91,118)(H,92,119)(H,93,115)(H,94,110)(H,95,111)(H,96,116)(H,97,120)(H,98,108)(H,99,112)(H,100,113)(H,101,117)(H,106,107)(H,121,122)/t41-,42-,43-,44-,47-,48-,49-,50-,51-,52-,53-,58-,59-,60-,61-,62-,63-,64-/m0/s1. The molecule has 0 radical (unpaired) electrons. The number of nitrogens with one attached hydrogen (secondary N) is 17. The minimum Gasteiger partial charge on any atom is -0.481 e. The van der Waals surface area contributed by atoms with Gasteiger partial charge < -0.3 is 128 Å². The van der Waals surface area contributed by atoms with Gasteiger partial charge >= 0.3 is 11.9 Å². The molecular formula is C78H133N23O21. The molecule has 44 heteroatoms. The highest BCUT2D eigenvalue weighted by Gasteiger charge is 2.41. The fraction of sp³-hybridized carbons (Fsp3) is 0.692. The average Bonchev–Trinajstić information content (AvgIpc) is 1.11. The Balaban J connectivity index is 2.37. The average molecular weight is 1730 g/mol. The smallest absolute Gasteiger partial charge is 0.326 e. The van der Waals surface area contributed by atoms with Crippen molar-refractivity contribution >= 4 is 106 Å². The van der Waals surface area contributed by atoms with Crippen LogP contribution < -0.4 is 103 Å². The van der Waals surface area contributed by atoms with Crippen LogP contribution in [0.5, 0.6) is 0 Å². The van der Waals surface area contributed by atoms with E-state index in [-0.39, 0.29) is 45.1 Å². The van der Waals surface area contributed by atoms with Crippen LogP contribution >= 0.6 is 0 Å². The molecule has 2 aromatic rings. The Kier molecular flexibility index (Phi) is 48.0. The first kappa shape index (κ1) is 107. The molecule has 0 aromatic carbocycles. The number of nitrogens with zero attached hydrogens (tertiary/aromatic N) is 2. The summed E-state index contributed by atoms with van der Waals surface area (Å²) in [5, 5.41) is 66.8. The highest BCUT2D eigenvalue weighted by molar-refractivity contribution is 6.01. The minimum absolute atomic E-state index is 0.0275. The summed E-state index contributed by atoms with van der Waals surface area (Å²) >= 11 is 0. The van der Waals surface area contributed by atoms with E-state index in [9.17, 15) is 102 Å². The van der Waals surface area contributed by atoms with E-state index in [1.165, 1.54) is 38.9 Å². The molecule has 0 bridgehead atoms. The van der Waals surface area contributed by atoms with Crippen LogP contribution in [0.4, 0.5) is 0 Å². The normalized spacial score (nSPS) is 15.7. The summed E-state index contributed by atoms with van der Waals surface area (Å²) in [5.74, 6) is -22.9. The molecule has 0 aliphatic carbocycles. The number of hydrogen-bond acceptors (Lipinski definition) is 24. The van der Waals surface area contributed by atoms with Crippen molar-refractivity contribution in [1.29, 1.82) is 0 Å². The van der Waals surface area contributed by atoms with Crippen molar-refractivity contribution < 1.29 is 102 Å². The van der Waals surface area contributed by atoms with Crippen LogP contribution in [-0.4, -0.2) is 259 Å². The van der Waals surface area contributed by atoms with Crippen LogP contribution in [0.25, 0.3) is 0 Å². The fourth-order valence-corrected chi connectivity index (χ4v) is 12.3. The van der Waals surface area contributed by atoms with Crippen LogP contribution in [0.3, 0.4) is 0 Å². The largest absolute Gasteiger partial charge is 0.481 e. The third-order valence-corrected chi connectivity index (χ3v) is 20.8. The van der Waals surface area contributed by atoms with Gasteiger partial charge in [-0.15, -0.1) is 0 Å². The number of carbonyl (C=O) groups is 18. The number of nitrogens with two attached hydrogens (primary N) is 4. The molecule has 2 aromatic heterocycles. The molecule has 2 heterocycles. The van der Waals surface area contributed by atoms with Gasteiger partial charge in [-0.3, -0.25) is 81.5 Å². The van der Waals surface area contributed by atoms with Gasteiger partial charge in [-0.05, 0) is 86.6 Å². The number of aliphatic carboxylic acids is 2. The summed E-state index contributed by atoms with van der Waals surface area (Å²) < 4.78 is 0. The second kappa shape index (κ2) is 54.9. The van der Waals surface area contributed by atoms with Gasteiger partial charge in [-0.1, -0.05) is 129 Å². The van der Waals surface area contributed by atoms with Crippen LogP contribution in [0, 0.1) is 41.4 Å². The Morgan fingerprint density at radius 3 is 1.06 bits per heavy atom. The quantitative estimate of drug-likeness (QED) is 0.0275. The predicted octanol–water partition coefficient (Wildman–Crippen LogP) is -5.38. The minimum atomic E-state index is -1.96. The lowest BCUT2D eigenvalue weighted by Crippen LogP contribution is -2.63. The van der Waals surface area contributed by atoms with Crippen LogP contribution in [0.2, 0.25) is 0 Å². The van der Waals surface area contributed by atoms with E-state index in [4.69, 9.17) is 22.9 Å². The maximum atomic E-state index is 14.6. The number of aromatic nitrogens is 4. The van der Waals surface area contributed by atoms with E-state index in [2.05, 4.69) is 99.7 Å². The molecule has 0 spiro atoms. The van der Waals surface area contributed by atoms with E-state index in [1.807, 2.05) is 6.92 Å². The number of primary amides is 1. The Morgan fingerprint density at radius 2 is 0.680 bits per heavy atom. The number of unbranched alkanes of at least 4 members (excludes halogenated alkanes) is 2. The van der Waals surface area contributed by atoms with E-state index >= 15 is 0 Å². The van der Waals surface area contributed by atoms with E-state index in [0.717, 1.165) is 0 Å². The molecule has 0 aliphatic heterocycles. The molecule has 0 saturated heterocycles. The number of imidazole rings is 2. The number of carboxylic acids is 2. The van der Waals surface area contributed by atoms with Crippen molar-refractivity contribution in [2.75, 3.05) is 32.8 Å². The molecule has 686 valence electrons. The summed E-state index contributed by atoms with van der Waals surface area (Å²) in [6.07, 6.45) is 6.60. The van der Waals surface area contributed by atoms with Crippen molar-refractivity contribution in [1.82, 2.24) is 99.7 Å².